The van der Waals surface area contributed by atoms with Crippen LogP contribution in [-0.4, -0.2) is 43.0 Å². The molecule has 0 bridgehead atoms. The Morgan fingerprint density at radius 2 is 2.09 bits per heavy atom. The number of aromatic nitrogens is 3. The van der Waals surface area contributed by atoms with Gasteiger partial charge in [-0.05, 0) is 38.1 Å². The molecule has 0 unspecified atom stereocenters. The summed E-state index contributed by atoms with van der Waals surface area (Å²) in [5.41, 5.74) is 0.712. The van der Waals surface area contributed by atoms with Gasteiger partial charge in [0.1, 0.15) is 17.9 Å². The van der Waals surface area contributed by atoms with E-state index < -0.39 is 6.10 Å². The van der Waals surface area contributed by atoms with E-state index in [0.717, 1.165) is 12.4 Å². The highest BCUT2D eigenvalue weighted by molar-refractivity contribution is 5.28. The maximum absolute atomic E-state index is 10.4. The summed E-state index contributed by atoms with van der Waals surface area (Å²) in [7, 11) is 0. The van der Waals surface area contributed by atoms with Crippen molar-refractivity contribution >= 4 is 0 Å². The van der Waals surface area contributed by atoms with E-state index in [2.05, 4.69) is 28.9 Å². The lowest BCUT2D eigenvalue weighted by Crippen LogP contribution is -2.29. The lowest BCUT2D eigenvalue weighted by molar-refractivity contribution is 0.109. The number of hydrogen-bond donors (Lipinski definition) is 2. The summed E-state index contributed by atoms with van der Waals surface area (Å²) in [4.78, 5) is 2.11. The SMILES string of the molecule is CCN(Cc1nncn1C(C)C)C[C@H](O)c1cccc(O)c1. The summed E-state index contributed by atoms with van der Waals surface area (Å²) < 4.78 is 2.03. The first-order valence-electron chi connectivity index (χ1n) is 7.59. The van der Waals surface area contributed by atoms with E-state index in [-0.39, 0.29) is 5.75 Å². The molecule has 0 radical (unpaired) electrons. The highest BCUT2D eigenvalue weighted by atomic mass is 16.3. The van der Waals surface area contributed by atoms with Crippen LogP contribution in [0.1, 0.15) is 44.3 Å². The molecule has 6 heteroatoms. The fraction of sp³-hybridized carbons (Fsp3) is 0.500. The van der Waals surface area contributed by atoms with Gasteiger partial charge in [-0.1, -0.05) is 19.1 Å². The van der Waals surface area contributed by atoms with Gasteiger partial charge in [-0.25, -0.2) is 0 Å². The minimum absolute atomic E-state index is 0.166. The van der Waals surface area contributed by atoms with Gasteiger partial charge in [-0.3, -0.25) is 4.90 Å². The minimum Gasteiger partial charge on any atom is -0.508 e. The van der Waals surface area contributed by atoms with Gasteiger partial charge in [-0.2, -0.15) is 0 Å². The third kappa shape index (κ3) is 4.05. The molecular weight excluding hydrogens is 280 g/mol. The highest BCUT2D eigenvalue weighted by Crippen LogP contribution is 2.20. The zero-order valence-electron chi connectivity index (χ0n) is 13.3. The first-order valence-corrected chi connectivity index (χ1v) is 7.59. The summed E-state index contributed by atoms with van der Waals surface area (Å²) in [6.45, 7) is 8.12. The minimum atomic E-state index is -0.650. The largest absolute Gasteiger partial charge is 0.508 e. The van der Waals surface area contributed by atoms with Crippen molar-refractivity contribution in [1.29, 1.82) is 0 Å². The zero-order valence-corrected chi connectivity index (χ0v) is 13.3. The first kappa shape index (κ1) is 16.5. The number of phenols is 1. The van der Waals surface area contributed by atoms with Crippen molar-refractivity contribution in [3.05, 3.63) is 42.0 Å². The standard InChI is InChI=1S/C16H24N4O2/c1-4-19(10-16-18-17-11-20(16)12(2)3)9-15(22)13-6-5-7-14(21)8-13/h5-8,11-12,15,21-22H,4,9-10H2,1-3H3/t15-/m0/s1. The van der Waals surface area contributed by atoms with Crippen LogP contribution in [0.25, 0.3) is 0 Å². The lowest BCUT2D eigenvalue weighted by atomic mass is 10.1. The van der Waals surface area contributed by atoms with Crippen molar-refractivity contribution in [3.63, 3.8) is 0 Å². The van der Waals surface area contributed by atoms with Gasteiger partial charge in [0.25, 0.3) is 0 Å². The number of hydrogen-bond acceptors (Lipinski definition) is 5. The van der Waals surface area contributed by atoms with E-state index in [1.54, 1.807) is 24.5 Å². The number of aliphatic hydroxyl groups is 1. The number of benzene rings is 1. The molecule has 6 nitrogen and oxygen atoms in total. The predicted octanol–water partition coefficient (Wildman–Crippen LogP) is 2.12. The number of aliphatic hydroxyl groups excluding tert-OH is 1. The summed E-state index contributed by atoms with van der Waals surface area (Å²) in [5, 5.41) is 28.0. The smallest absolute Gasteiger partial charge is 0.147 e. The second kappa shape index (κ2) is 7.38. The molecule has 1 heterocycles. The molecule has 0 spiro atoms. The Morgan fingerprint density at radius 1 is 1.32 bits per heavy atom. The molecule has 0 aliphatic heterocycles. The summed E-state index contributed by atoms with van der Waals surface area (Å²) in [6, 6.07) is 7.04. The summed E-state index contributed by atoms with van der Waals surface area (Å²) >= 11 is 0. The third-order valence-corrected chi connectivity index (χ3v) is 3.70. The fourth-order valence-corrected chi connectivity index (χ4v) is 2.40. The molecule has 0 amide bonds. The molecule has 2 N–H and O–H groups in total. The van der Waals surface area contributed by atoms with Crippen LogP contribution in [0.2, 0.25) is 0 Å². The number of aromatic hydroxyl groups is 1. The fourth-order valence-electron chi connectivity index (χ4n) is 2.40. The molecule has 1 aromatic carbocycles. The topological polar surface area (TPSA) is 74.4 Å². The van der Waals surface area contributed by atoms with Crippen LogP contribution in [-0.2, 0) is 6.54 Å². The average molecular weight is 304 g/mol. The van der Waals surface area contributed by atoms with Crippen molar-refractivity contribution in [2.75, 3.05) is 13.1 Å². The molecule has 2 aromatic rings. The van der Waals surface area contributed by atoms with Crippen molar-refractivity contribution in [2.24, 2.45) is 0 Å². The molecule has 22 heavy (non-hydrogen) atoms. The number of phenolic OH excluding ortho intramolecular Hbond substituents is 1. The molecule has 2 rings (SSSR count). The Morgan fingerprint density at radius 3 is 2.73 bits per heavy atom. The average Bonchev–Trinajstić information content (AvgIpc) is 2.94. The summed E-state index contributed by atoms with van der Waals surface area (Å²) in [5.74, 6) is 1.05. The van der Waals surface area contributed by atoms with Crippen LogP contribution in [0, 0.1) is 0 Å². The van der Waals surface area contributed by atoms with Gasteiger partial charge in [0.15, 0.2) is 0 Å². The van der Waals surface area contributed by atoms with E-state index in [0.29, 0.717) is 24.7 Å². The van der Waals surface area contributed by atoms with Gasteiger partial charge in [0.2, 0.25) is 0 Å². The van der Waals surface area contributed by atoms with Gasteiger partial charge in [0, 0.05) is 12.6 Å². The second-order valence-electron chi connectivity index (χ2n) is 5.69. The number of rotatable bonds is 7. The van der Waals surface area contributed by atoms with E-state index in [4.69, 9.17) is 0 Å². The molecule has 120 valence electrons. The van der Waals surface area contributed by atoms with Crippen molar-refractivity contribution in [3.8, 4) is 5.75 Å². The molecule has 0 aliphatic carbocycles. The van der Waals surface area contributed by atoms with Crippen molar-refractivity contribution < 1.29 is 10.2 Å². The maximum atomic E-state index is 10.4. The van der Waals surface area contributed by atoms with Gasteiger partial charge in [-0.15, -0.1) is 10.2 Å². The molecule has 1 aromatic heterocycles. The predicted molar refractivity (Wildman–Crippen MR) is 84.4 cm³/mol. The molecule has 0 fully saturated rings. The Hall–Kier alpha value is -1.92. The quantitative estimate of drug-likeness (QED) is 0.819. The van der Waals surface area contributed by atoms with E-state index in [1.165, 1.54) is 0 Å². The van der Waals surface area contributed by atoms with Crippen LogP contribution < -0.4 is 0 Å². The maximum Gasteiger partial charge on any atom is 0.147 e. The molecular formula is C16H24N4O2. The Labute approximate surface area is 131 Å². The molecule has 0 saturated heterocycles. The zero-order chi connectivity index (χ0) is 16.1. The Balaban J connectivity index is 2.04. The molecule has 0 aliphatic rings. The first-order chi connectivity index (χ1) is 10.5. The highest BCUT2D eigenvalue weighted by Gasteiger charge is 2.16. The van der Waals surface area contributed by atoms with Crippen LogP contribution in [0.15, 0.2) is 30.6 Å². The Bertz CT molecular complexity index is 597. The van der Waals surface area contributed by atoms with E-state index in [1.807, 2.05) is 17.6 Å². The van der Waals surface area contributed by atoms with Crippen LogP contribution in [0.4, 0.5) is 0 Å². The van der Waals surface area contributed by atoms with Crippen molar-refractivity contribution in [1.82, 2.24) is 19.7 Å². The lowest BCUT2D eigenvalue weighted by Gasteiger charge is -2.24. The number of nitrogens with zero attached hydrogens (tertiary/aromatic N) is 4. The van der Waals surface area contributed by atoms with E-state index in [9.17, 15) is 10.2 Å². The molecule has 0 saturated carbocycles. The van der Waals surface area contributed by atoms with Crippen LogP contribution in [0.5, 0.6) is 5.75 Å². The second-order valence-corrected chi connectivity index (χ2v) is 5.69. The normalized spacial score (nSPS) is 13.0. The monoisotopic (exact) mass is 304 g/mol. The van der Waals surface area contributed by atoms with E-state index >= 15 is 0 Å². The van der Waals surface area contributed by atoms with Crippen molar-refractivity contribution in [2.45, 2.75) is 39.5 Å². The molecule has 1 atom stereocenters. The summed E-state index contributed by atoms with van der Waals surface area (Å²) in [6.07, 6.45) is 1.09. The van der Waals surface area contributed by atoms with Gasteiger partial charge >= 0.3 is 0 Å². The number of likely N-dealkylation sites (N-methyl/N-ethyl adjacent to an activating group) is 1. The Kier molecular flexibility index (Phi) is 5.51. The van der Waals surface area contributed by atoms with Gasteiger partial charge in [0.05, 0.1) is 12.6 Å². The van der Waals surface area contributed by atoms with Crippen LogP contribution in [0.3, 0.4) is 0 Å². The third-order valence-electron chi connectivity index (χ3n) is 3.70. The van der Waals surface area contributed by atoms with Crippen LogP contribution >= 0.6 is 0 Å². The van der Waals surface area contributed by atoms with Gasteiger partial charge < -0.3 is 14.8 Å².